The molecule has 1 aliphatic heterocycles. The first kappa shape index (κ1) is 15.9. The number of nitrogens with one attached hydrogen (secondary N) is 1. The first-order valence-electron chi connectivity index (χ1n) is 7.27. The highest BCUT2D eigenvalue weighted by Gasteiger charge is 2.19. The first-order chi connectivity index (χ1) is 10.9. The van der Waals surface area contributed by atoms with Crippen molar-refractivity contribution < 1.29 is 12.8 Å². The molecule has 9 heteroatoms. The lowest BCUT2D eigenvalue weighted by Gasteiger charge is -2.22. The van der Waals surface area contributed by atoms with Crippen LogP contribution in [0.25, 0.3) is 0 Å². The van der Waals surface area contributed by atoms with E-state index >= 15 is 0 Å². The third-order valence-corrected chi connectivity index (χ3v) is 4.34. The number of aryl methyl sites for hydroxylation is 1. The van der Waals surface area contributed by atoms with Gasteiger partial charge in [0.15, 0.2) is 5.82 Å². The predicted molar refractivity (Wildman–Crippen MR) is 83.8 cm³/mol. The summed E-state index contributed by atoms with van der Waals surface area (Å²) in [4.78, 5) is 5.72. The summed E-state index contributed by atoms with van der Waals surface area (Å²) in [5.74, 6) is -0.348. The van der Waals surface area contributed by atoms with Gasteiger partial charge in [0.2, 0.25) is 10.0 Å². The molecule has 0 saturated heterocycles. The predicted octanol–water partition coefficient (Wildman–Crippen LogP) is 0.877. The third-order valence-electron chi connectivity index (χ3n) is 3.67. The van der Waals surface area contributed by atoms with Gasteiger partial charge in [0.05, 0.1) is 42.6 Å². The Labute approximate surface area is 134 Å². The molecule has 23 heavy (non-hydrogen) atoms. The molecule has 0 aromatic carbocycles. The summed E-state index contributed by atoms with van der Waals surface area (Å²) in [7, 11) is -3.26. The number of anilines is 1. The van der Waals surface area contributed by atoms with Crippen LogP contribution in [-0.2, 0) is 29.7 Å². The number of sulfonamides is 1. The van der Waals surface area contributed by atoms with Gasteiger partial charge in [-0.05, 0) is 18.6 Å². The molecule has 2 aromatic heterocycles. The van der Waals surface area contributed by atoms with Gasteiger partial charge in [0.1, 0.15) is 0 Å². The van der Waals surface area contributed by atoms with Crippen molar-refractivity contribution in [1.82, 2.24) is 19.5 Å². The van der Waals surface area contributed by atoms with E-state index in [0.29, 0.717) is 17.9 Å². The standard InChI is InChI=1S/C14H18FN5O2S/c1-23(21,22)17-8-11-7-12-10-19(5-2-6-20(12)18-11)14-3-4-16-9-13(14)15/h3-4,7,9,17H,2,5-6,8,10H2,1H3. The van der Waals surface area contributed by atoms with Gasteiger partial charge in [0.25, 0.3) is 0 Å². The van der Waals surface area contributed by atoms with Crippen LogP contribution in [0.1, 0.15) is 17.8 Å². The second-order valence-electron chi connectivity index (χ2n) is 5.55. The number of rotatable bonds is 4. The van der Waals surface area contributed by atoms with Crippen molar-refractivity contribution in [3.05, 3.63) is 41.7 Å². The van der Waals surface area contributed by atoms with Gasteiger partial charge in [-0.2, -0.15) is 5.10 Å². The fraction of sp³-hybridized carbons (Fsp3) is 0.429. The summed E-state index contributed by atoms with van der Waals surface area (Å²) >= 11 is 0. The van der Waals surface area contributed by atoms with Gasteiger partial charge >= 0.3 is 0 Å². The van der Waals surface area contributed by atoms with Crippen LogP contribution in [0.15, 0.2) is 24.5 Å². The molecule has 0 amide bonds. The van der Waals surface area contributed by atoms with E-state index in [1.165, 1.54) is 6.20 Å². The highest BCUT2D eigenvalue weighted by Crippen LogP contribution is 2.23. The average molecular weight is 339 g/mol. The van der Waals surface area contributed by atoms with Crippen molar-refractivity contribution >= 4 is 15.7 Å². The summed E-state index contributed by atoms with van der Waals surface area (Å²) in [5, 5.41) is 4.42. The second-order valence-corrected chi connectivity index (χ2v) is 7.38. The second kappa shape index (κ2) is 6.25. The van der Waals surface area contributed by atoms with Gasteiger partial charge in [-0.3, -0.25) is 9.67 Å². The maximum atomic E-state index is 13.9. The van der Waals surface area contributed by atoms with Crippen molar-refractivity contribution in [2.24, 2.45) is 0 Å². The lowest BCUT2D eigenvalue weighted by atomic mass is 10.3. The molecule has 1 aliphatic rings. The number of fused-ring (bicyclic) bond motifs is 1. The average Bonchev–Trinajstić information content (AvgIpc) is 2.76. The van der Waals surface area contributed by atoms with Gasteiger partial charge in [-0.15, -0.1) is 0 Å². The van der Waals surface area contributed by atoms with E-state index in [9.17, 15) is 12.8 Å². The van der Waals surface area contributed by atoms with Gasteiger partial charge in [0, 0.05) is 19.3 Å². The highest BCUT2D eigenvalue weighted by molar-refractivity contribution is 7.88. The molecule has 0 fully saturated rings. The molecule has 7 nitrogen and oxygen atoms in total. The van der Waals surface area contributed by atoms with Crippen molar-refractivity contribution in [2.75, 3.05) is 17.7 Å². The van der Waals surface area contributed by atoms with Crippen molar-refractivity contribution in [2.45, 2.75) is 26.1 Å². The molecule has 124 valence electrons. The van der Waals surface area contributed by atoms with Crippen molar-refractivity contribution in [1.29, 1.82) is 0 Å². The van der Waals surface area contributed by atoms with Crippen LogP contribution in [0.3, 0.4) is 0 Å². The van der Waals surface area contributed by atoms with E-state index < -0.39 is 10.0 Å². The molecule has 0 atom stereocenters. The number of hydrogen-bond donors (Lipinski definition) is 1. The van der Waals surface area contributed by atoms with E-state index in [1.54, 1.807) is 12.3 Å². The smallest absolute Gasteiger partial charge is 0.209 e. The number of pyridine rings is 1. The van der Waals surface area contributed by atoms with Crippen LogP contribution >= 0.6 is 0 Å². The Morgan fingerprint density at radius 3 is 2.96 bits per heavy atom. The lowest BCUT2D eigenvalue weighted by molar-refractivity contribution is 0.572. The quantitative estimate of drug-likeness (QED) is 0.894. The molecule has 3 rings (SSSR count). The molecule has 0 aliphatic carbocycles. The van der Waals surface area contributed by atoms with Crippen molar-refractivity contribution in [3.63, 3.8) is 0 Å². The van der Waals surface area contributed by atoms with Gasteiger partial charge in [-0.25, -0.2) is 17.5 Å². The van der Waals surface area contributed by atoms with Crippen LogP contribution in [0.2, 0.25) is 0 Å². The maximum Gasteiger partial charge on any atom is 0.209 e. The summed E-state index contributed by atoms with van der Waals surface area (Å²) in [6, 6.07) is 3.52. The van der Waals surface area contributed by atoms with E-state index in [1.807, 2.05) is 15.6 Å². The summed E-state index contributed by atoms with van der Waals surface area (Å²) in [6.45, 7) is 2.12. The van der Waals surface area contributed by atoms with Gasteiger partial charge in [-0.1, -0.05) is 0 Å². The minimum Gasteiger partial charge on any atom is -0.363 e. The Hall–Kier alpha value is -2.00. The summed E-state index contributed by atoms with van der Waals surface area (Å²) in [6.07, 6.45) is 4.72. The van der Waals surface area contributed by atoms with E-state index in [4.69, 9.17) is 0 Å². The lowest BCUT2D eigenvalue weighted by Crippen LogP contribution is -2.23. The number of aromatic nitrogens is 3. The largest absolute Gasteiger partial charge is 0.363 e. The Balaban J connectivity index is 1.80. The topological polar surface area (TPSA) is 80.1 Å². The summed E-state index contributed by atoms with van der Waals surface area (Å²) in [5.41, 5.74) is 2.11. The Morgan fingerprint density at radius 2 is 2.22 bits per heavy atom. The molecule has 2 aromatic rings. The SMILES string of the molecule is CS(=O)(=O)NCc1cc2n(n1)CCCN(c1ccncc1F)C2. The van der Waals surface area contributed by atoms with Crippen LogP contribution in [0, 0.1) is 5.82 Å². The monoisotopic (exact) mass is 339 g/mol. The Bertz CT molecular complexity index is 805. The van der Waals surface area contributed by atoms with Crippen LogP contribution in [0.5, 0.6) is 0 Å². The van der Waals surface area contributed by atoms with Crippen LogP contribution in [-0.4, -0.2) is 36.0 Å². The molecule has 0 spiro atoms. The molecule has 0 radical (unpaired) electrons. The minimum atomic E-state index is -3.26. The summed E-state index contributed by atoms with van der Waals surface area (Å²) < 4.78 is 40.6. The van der Waals surface area contributed by atoms with E-state index in [0.717, 1.165) is 31.5 Å². The van der Waals surface area contributed by atoms with Crippen LogP contribution < -0.4 is 9.62 Å². The third kappa shape index (κ3) is 3.85. The Kier molecular flexibility index (Phi) is 4.31. The number of halogens is 1. The molecule has 0 bridgehead atoms. The van der Waals surface area contributed by atoms with Crippen LogP contribution in [0.4, 0.5) is 10.1 Å². The zero-order valence-electron chi connectivity index (χ0n) is 12.7. The zero-order valence-corrected chi connectivity index (χ0v) is 13.6. The zero-order chi connectivity index (χ0) is 16.4. The normalized spacial score (nSPS) is 15.3. The maximum absolute atomic E-state index is 13.9. The number of nitrogens with zero attached hydrogens (tertiary/aromatic N) is 4. The molecular weight excluding hydrogens is 321 g/mol. The number of hydrogen-bond acceptors (Lipinski definition) is 5. The fourth-order valence-corrected chi connectivity index (χ4v) is 3.05. The minimum absolute atomic E-state index is 0.155. The van der Waals surface area contributed by atoms with E-state index in [2.05, 4.69) is 14.8 Å². The molecule has 0 saturated carbocycles. The molecule has 3 heterocycles. The van der Waals surface area contributed by atoms with Crippen molar-refractivity contribution in [3.8, 4) is 0 Å². The van der Waals surface area contributed by atoms with E-state index in [-0.39, 0.29) is 12.4 Å². The molecule has 0 unspecified atom stereocenters. The molecule has 1 N–H and O–H groups in total. The Morgan fingerprint density at radius 1 is 1.39 bits per heavy atom. The first-order valence-corrected chi connectivity index (χ1v) is 9.16. The molecular formula is C14H18FN5O2S. The fourth-order valence-electron chi connectivity index (χ4n) is 2.64. The highest BCUT2D eigenvalue weighted by atomic mass is 32.2. The van der Waals surface area contributed by atoms with Gasteiger partial charge < -0.3 is 4.90 Å².